The summed E-state index contributed by atoms with van der Waals surface area (Å²) in [5, 5.41) is 7.72. The van der Waals surface area contributed by atoms with Crippen molar-refractivity contribution in [3.63, 3.8) is 0 Å². The number of halogens is 1. The minimum Gasteiger partial charge on any atom is -0.310 e. The van der Waals surface area contributed by atoms with Gasteiger partial charge in [0.2, 0.25) is 5.95 Å². The molecule has 0 bridgehead atoms. The van der Waals surface area contributed by atoms with Gasteiger partial charge in [-0.3, -0.25) is 10.1 Å². The summed E-state index contributed by atoms with van der Waals surface area (Å²) in [4.78, 5) is 17.6. The summed E-state index contributed by atoms with van der Waals surface area (Å²) in [5.74, 6) is 0.212. The van der Waals surface area contributed by atoms with Crippen molar-refractivity contribution in [2.24, 2.45) is 0 Å². The molecular formula is C22H22ClN5O. The van der Waals surface area contributed by atoms with Gasteiger partial charge >= 0.3 is 0 Å². The van der Waals surface area contributed by atoms with E-state index in [-0.39, 0.29) is 5.91 Å². The minimum absolute atomic E-state index is 0.306. The highest BCUT2D eigenvalue weighted by atomic mass is 35.5. The van der Waals surface area contributed by atoms with Gasteiger partial charge in [0.05, 0.1) is 28.8 Å². The van der Waals surface area contributed by atoms with Crippen LogP contribution in [0.25, 0.3) is 11.0 Å². The second-order valence-electron chi connectivity index (χ2n) is 6.92. The lowest BCUT2D eigenvalue weighted by atomic mass is 10.2. The highest BCUT2D eigenvalue weighted by Gasteiger charge is 2.22. The first-order valence-corrected chi connectivity index (χ1v) is 9.99. The number of aryl methyl sites for hydroxylation is 2. The second kappa shape index (κ2) is 8.09. The Morgan fingerprint density at radius 3 is 2.59 bits per heavy atom. The number of imidazole rings is 1. The van der Waals surface area contributed by atoms with E-state index in [2.05, 4.69) is 22.3 Å². The molecule has 4 rings (SSSR count). The molecule has 6 nitrogen and oxygen atoms in total. The number of anilines is 1. The number of benzene rings is 2. The number of para-hydroxylation sites is 2. The van der Waals surface area contributed by atoms with E-state index in [1.54, 1.807) is 11.6 Å². The summed E-state index contributed by atoms with van der Waals surface area (Å²) >= 11 is 6.53. The summed E-state index contributed by atoms with van der Waals surface area (Å²) in [6.45, 7) is 5.14. The van der Waals surface area contributed by atoms with Gasteiger partial charge in [0, 0.05) is 6.54 Å². The van der Waals surface area contributed by atoms with Gasteiger partial charge in [-0.05, 0) is 31.0 Å². The first kappa shape index (κ1) is 19.2. The van der Waals surface area contributed by atoms with Crippen molar-refractivity contribution in [2.45, 2.75) is 33.4 Å². The fourth-order valence-corrected chi connectivity index (χ4v) is 3.78. The molecule has 0 aliphatic heterocycles. The molecule has 2 heterocycles. The Hall–Kier alpha value is -3.12. The van der Waals surface area contributed by atoms with E-state index in [0.717, 1.165) is 29.6 Å². The molecule has 2 aromatic carbocycles. The summed E-state index contributed by atoms with van der Waals surface area (Å²) in [7, 11) is 0. The van der Waals surface area contributed by atoms with Crippen LogP contribution in [-0.4, -0.2) is 25.2 Å². The van der Waals surface area contributed by atoms with E-state index in [4.69, 9.17) is 11.6 Å². The summed E-state index contributed by atoms with van der Waals surface area (Å²) < 4.78 is 3.67. The van der Waals surface area contributed by atoms with Crippen LogP contribution >= 0.6 is 11.6 Å². The molecule has 0 saturated carbocycles. The number of hydrogen-bond donors (Lipinski definition) is 1. The zero-order chi connectivity index (χ0) is 20.4. The topological polar surface area (TPSA) is 64.7 Å². The highest BCUT2D eigenvalue weighted by molar-refractivity contribution is 6.33. The Bertz CT molecular complexity index is 1160. The fourth-order valence-electron chi connectivity index (χ4n) is 3.46. The van der Waals surface area contributed by atoms with E-state index >= 15 is 0 Å². The maximum Gasteiger partial charge on any atom is 0.263 e. The average molecular weight is 408 g/mol. The number of fused-ring (bicyclic) bond motifs is 1. The van der Waals surface area contributed by atoms with Gasteiger partial charge in [-0.15, -0.1) is 0 Å². The first-order chi connectivity index (χ1) is 14.1. The zero-order valence-electron chi connectivity index (χ0n) is 16.4. The normalized spacial score (nSPS) is 11.1. The van der Waals surface area contributed by atoms with Gasteiger partial charge in [0.25, 0.3) is 5.91 Å². The second-order valence-corrected chi connectivity index (χ2v) is 7.28. The van der Waals surface area contributed by atoms with E-state index in [1.807, 2.05) is 59.2 Å². The van der Waals surface area contributed by atoms with Gasteiger partial charge in [-0.25, -0.2) is 9.67 Å². The number of nitrogens with one attached hydrogen (secondary N) is 1. The molecule has 0 spiro atoms. The molecule has 2 aromatic heterocycles. The van der Waals surface area contributed by atoms with Crippen LogP contribution in [0.2, 0.25) is 5.15 Å². The molecular weight excluding hydrogens is 386 g/mol. The van der Waals surface area contributed by atoms with Gasteiger partial charge in [-0.2, -0.15) is 5.10 Å². The highest BCUT2D eigenvalue weighted by Crippen LogP contribution is 2.24. The number of carbonyl (C=O) groups excluding carboxylic acids is 1. The number of hydrogen-bond acceptors (Lipinski definition) is 3. The zero-order valence-corrected chi connectivity index (χ0v) is 17.1. The van der Waals surface area contributed by atoms with Crippen LogP contribution < -0.4 is 5.32 Å². The van der Waals surface area contributed by atoms with E-state index in [0.29, 0.717) is 28.9 Å². The lowest BCUT2D eigenvalue weighted by molar-refractivity contribution is 0.102. The molecule has 0 unspecified atom stereocenters. The van der Waals surface area contributed by atoms with Crippen LogP contribution in [0.1, 0.15) is 35.0 Å². The van der Waals surface area contributed by atoms with Crippen LogP contribution in [0, 0.1) is 6.92 Å². The molecule has 148 valence electrons. The van der Waals surface area contributed by atoms with Crippen LogP contribution in [0.4, 0.5) is 5.95 Å². The molecule has 0 aliphatic carbocycles. The number of aromatic nitrogens is 4. The van der Waals surface area contributed by atoms with Gasteiger partial charge in [-0.1, -0.05) is 61.0 Å². The minimum atomic E-state index is -0.306. The number of carbonyl (C=O) groups is 1. The van der Waals surface area contributed by atoms with Crippen molar-refractivity contribution in [3.05, 3.63) is 76.6 Å². The monoisotopic (exact) mass is 407 g/mol. The van der Waals surface area contributed by atoms with E-state index in [9.17, 15) is 4.79 Å². The predicted octanol–water partition coefficient (Wildman–Crippen LogP) is 4.91. The molecule has 7 heteroatoms. The van der Waals surface area contributed by atoms with Crippen LogP contribution in [0.5, 0.6) is 0 Å². The Labute approximate surface area is 174 Å². The number of nitrogens with zero attached hydrogens (tertiary/aromatic N) is 4. The maximum atomic E-state index is 13.1. The largest absolute Gasteiger partial charge is 0.310 e. The summed E-state index contributed by atoms with van der Waals surface area (Å²) in [5.41, 5.74) is 3.86. The third-order valence-electron chi connectivity index (χ3n) is 4.79. The molecule has 1 amide bonds. The lowest BCUT2D eigenvalue weighted by Gasteiger charge is -2.09. The fraction of sp³-hybridized carbons (Fsp3) is 0.227. The molecule has 4 aromatic rings. The smallest absolute Gasteiger partial charge is 0.263 e. The van der Waals surface area contributed by atoms with Crippen LogP contribution in [0.3, 0.4) is 0 Å². The SMILES string of the molecule is CCCn1c(NC(=O)c2c(C)nn(Cc3ccccc3)c2Cl)nc2ccccc21. The standard InChI is InChI=1S/C22H22ClN5O/c1-3-13-27-18-12-8-7-11-17(18)24-22(27)25-21(29)19-15(2)26-28(20(19)23)14-16-9-5-4-6-10-16/h4-12H,3,13-14H2,1-2H3,(H,24,25,29). The molecule has 1 N–H and O–H groups in total. The molecule has 0 saturated heterocycles. The quantitative estimate of drug-likeness (QED) is 0.494. The first-order valence-electron chi connectivity index (χ1n) is 9.62. The van der Waals surface area contributed by atoms with Crippen molar-refractivity contribution in [1.29, 1.82) is 0 Å². The summed E-state index contributed by atoms with van der Waals surface area (Å²) in [6.07, 6.45) is 0.929. The third kappa shape index (κ3) is 3.76. The van der Waals surface area contributed by atoms with Crippen molar-refractivity contribution in [2.75, 3.05) is 5.32 Å². The third-order valence-corrected chi connectivity index (χ3v) is 5.18. The van der Waals surface area contributed by atoms with Crippen LogP contribution in [0.15, 0.2) is 54.6 Å². The average Bonchev–Trinajstić information content (AvgIpc) is 3.19. The Morgan fingerprint density at radius 2 is 1.83 bits per heavy atom. The molecule has 29 heavy (non-hydrogen) atoms. The molecule has 0 aliphatic rings. The number of amides is 1. The van der Waals surface area contributed by atoms with Crippen molar-refractivity contribution < 1.29 is 4.79 Å². The molecule has 0 radical (unpaired) electrons. The van der Waals surface area contributed by atoms with Crippen LogP contribution in [-0.2, 0) is 13.1 Å². The van der Waals surface area contributed by atoms with E-state index < -0.39 is 0 Å². The lowest BCUT2D eigenvalue weighted by Crippen LogP contribution is -2.17. The van der Waals surface area contributed by atoms with Gasteiger partial charge in [0.1, 0.15) is 5.15 Å². The maximum absolute atomic E-state index is 13.1. The van der Waals surface area contributed by atoms with Crippen molar-refractivity contribution >= 4 is 34.5 Å². The van der Waals surface area contributed by atoms with Crippen molar-refractivity contribution in [1.82, 2.24) is 19.3 Å². The Morgan fingerprint density at radius 1 is 1.10 bits per heavy atom. The number of rotatable bonds is 6. The van der Waals surface area contributed by atoms with E-state index in [1.165, 1.54) is 0 Å². The Kier molecular flexibility index (Phi) is 5.36. The Balaban J connectivity index is 1.64. The van der Waals surface area contributed by atoms with Gasteiger partial charge < -0.3 is 4.57 Å². The van der Waals surface area contributed by atoms with Gasteiger partial charge in [0.15, 0.2) is 0 Å². The van der Waals surface area contributed by atoms with Crippen molar-refractivity contribution in [3.8, 4) is 0 Å². The predicted molar refractivity (Wildman–Crippen MR) is 115 cm³/mol. The summed E-state index contributed by atoms with van der Waals surface area (Å²) in [6, 6.07) is 17.7. The molecule has 0 atom stereocenters. The molecule has 0 fully saturated rings.